The molecule has 2 heterocycles. The van der Waals surface area contributed by atoms with Crippen LogP contribution in [0.4, 0.5) is 5.69 Å². The number of nitrogens with zero attached hydrogens (tertiary/aromatic N) is 1. The number of hydrogen-bond acceptors (Lipinski definition) is 6. The maximum absolute atomic E-state index is 13.6. The van der Waals surface area contributed by atoms with Crippen molar-refractivity contribution in [2.45, 2.75) is 31.8 Å². The van der Waals surface area contributed by atoms with Gasteiger partial charge in [-0.25, -0.2) is 0 Å². The second kappa shape index (κ2) is 6.44. The lowest BCUT2D eigenvalue weighted by Gasteiger charge is -2.34. The summed E-state index contributed by atoms with van der Waals surface area (Å²) in [5.74, 6) is 0.130. The average molecular weight is 392 g/mol. The lowest BCUT2D eigenvalue weighted by molar-refractivity contribution is -0.129. The number of allylic oxidation sites excluding steroid dienone is 1. The maximum Gasteiger partial charge on any atom is 0.236 e. The molecule has 0 saturated carbocycles. The zero-order chi connectivity index (χ0) is 19.3. The van der Waals surface area contributed by atoms with E-state index < -0.39 is 11.4 Å². The van der Waals surface area contributed by atoms with E-state index in [-0.39, 0.29) is 22.5 Å². The van der Waals surface area contributed by atoms with Gasteiger partial charge in [0.25, 0.3) is 0 Å². The van der Waals surface area contributed by atoms with Gasteiger partial charge >= 0.3 is 0 Å². The van der Waals surface area contributed by atoms with Gasteiger partial charge in [-0.2, -0.15) is 0 Å². The minimum absolute atomic E-state index is 0.224. The van der Waals surface area contributed by atoms with Crippen LogP contribution in [0.1, 0.15) is 36.5 Å². The molecule has 1 aromatic carbocycles. The summed E-state index contributed by atoms with van der Waals surface area (Å²) in [5, 5.41) is 0.224. The molecule has 2 unspecified atom stereocenters. The molecule has 1 aliphatic carbocycles. The van der Waals surface area contributed by atoms with Crippen molar-refractivity contribution in [3.05, 3.63) is 28.5 Å². The average Bonchev–Trinajstić information content (AvgIpc) is 3.28. The SMILES string of the molecule is COC1=CC(=O)C2(Oc3c(Cl)c(OC)cc(N4CCCC4)c3C2=O)C(C)C1. The van der Waals surface area contributed by atoms with Gasteiger partial charge in [0.2, 0.25) is 17.2 Å². The molecule has 1 fully saturated rings. The van der Waals surface area contributed by atoms with Crippen LogP contribution < -0.4 is 14.4 Å². The van der Waals surface area contributed by atoms with Crippen molar-refractivity contribution in [3.63, 3.8) is 0 Å². The van der Waals surface area contributed by atoms with E-state index in [1.54, 1.807) is 6.07 Å². The fourth-order valence-corrected chi connectivity index (χ4v) is 4.56. The van der Waals surface area contributed by atoms with Crippen LogP contribution in [0, 0.1) is 5.92 Å². The van der Waals surface area contributed by atoms with Gasteiger partial charge in [0, 0.05) is 37.6 Å². The van der Waals surface area contributed by atoms with Crippen molar-refractivity contribution in [1.29, 1.82) is 0 Å². The summed E-state index contributed by atoms with van der Waals surface area (Å²) < 4.78 is 16.7. The van der Waals surface area contributed by atoms with Crippen LogP contribution in [0.2, 0.25) is 5.02 Å². The molecule has 0 radical (unpaired) electrons. The number of hydrogen-bond donors (Lipinski definition) is 0. The molecule has 7 heteroatoms. The molecule has 2 aliphatic heterocycles. The second-order valence-electron chi connectivity index (χ2n) is 7.26. The fourth-order valence-electron chi connectivity index (χ4n) is 4.29. The second-order valence-corrected chi connectivity index (χ2v) is 7.64. The van der Waals surface area contributed by atoms with Crippen LogP contribution in [-0.2, 0) is 9.53 Å². The smallest absolute Gasteiger partial charge is 0.236 e. The fraction of sp³-hybridized carbons (Fsp3) is 0.500. The first kappa shape index (κ1) is 18.2. The lowest BCUT2D eigenvalue weighted by atomic mass is 9.74. The molecule has 0 N–H and O–H groups in total. The van der Waals surface area contributed by atoms with Crippen LogP contribution >= 0.6 is 11.6 Å². The Morgan fingerprint density at radius 2 is 1.93 bits per heavy atom. The number of ketones is 2. The molecule has 144 valence electrons. The number of Topliss-reactive ketones (excluding diaryl/α,β-unsaturated/α-hetero) is 1. The quantitative estimate of drug-likeness (QED) is 0.736. The molecule has 0 bridgehead atoms. The van der Waals surface area contributed by atoms with E-state index in [1.807, 2.05) is 6.92 Å². The van der Waals surface area contributed by atoms with E-state index >= 15 is 0 Å². The van der Waals surface area contributed by atoms with Gasteiger partial charge in [0.1, 0.15) is 10.8 Å². The molecule has 2 atom stereocenters. The number of benzene rings is 1. The first-order valence-corrected chi connectivity index (χ1v) is 9.50. The summed E-state index contributed by atoms with van der Waals surface area (Å²) in [6, 6.07) is 1.78. The Hall–Kier alpha value is -2.21. The van der Waals surface area contributed by atoms with Crippen molar-refractivity contribution in [2.24, 2.45) is 5.92 Å². The highest BCUT2D eigenvalue weighted by Gasteiger charge is 2.60. The van der Waals surface area contributed by atoms with Crippen LogP contribution in [0.3, 0.4) is 0 Å². The van der Waals surface area contributed by atoms with Crippen molar-refractivity contribution in [2.75, 3.05) is 32.2 Å². The molecule has 0 aromatic heterocycles. The van der Waals surface area contributed by atoms with Crippen molar-refractivity contribution in [1.82, 2.24) is 0 Å². The molecule has 6 nitrogen and oxygen atoms in total. The summed E-state index contributed by atoms with van der Waals surface area (Å²) in [4.78, 5) is 28.7. The van der Waals surface area contributed by atoms with Gasteiger partial charge in [-0.3, -0.25) is 9.59 Å². The monoisotopic (exact) mass is 391 g/mol. The summed E-state index contributed by atoms with van der Waals surface area (Å²) in [7, 11) is 3.04. The van der Waals surface area contributed by atoms with E-state index in [4.69, 9.17) is 25.8 Å². The Morgan fingerprint density at radius 3 is 2.52 bits per heavy atom. The van der Waals surface area contributed by atoms with E-state index in [0.717, 1.165) is 31.6 Å². The lowest BCUT2D eigenvalue weighted by Crippen LogP contribution is -2.54. The van der Waals surface area contributed by atoms with Crippen LogP contribution in [0.5, 0.6) is 11.5 Å². The van der Waals surface area contributed by atoms with Gasteiger partial charge in [0.15, 0.2) is 5.75 Å². The number of rotatable bonds is 3. The Labute approximate surface area is 163 Å². The number of halogens is 1. The Kier molecular flexibility index (Phi) is 4.34. The van der Waals surface area contributed by atoms with Crippen LogP contribution in [0.15, 0.2) is 17.9 Å². The van der Waals surface area contributed by atoms with Crippen LogP contribution in [-0.4, -0.2) is 44.5 Å². The third kappa shape index (κ3) is 2.46. The molecule has 1 spiro atoms. The van der Waals surface area contributed by atoms with Crippen LogP contribution in [0.25, 0.3) is 0 Å². The Morgan fingerprint density at radius 1 is 1.22 bits per heavy atom. The normalized spacial score (nSPS) is 26.9. The number of anilines is 1. The first-order valence-electron chi connectivity index (χ1n) is 9.12. The molecule has 1 aromatic rings. The first-order chi connectivity index (χ1) is 12.9. The van der Waals surface area contributed by atoms with E-state index in [9.17, 15) is 9.59 Å². The van der Waals surface area contributed by atoms with Gasteiger partial charge < -0.3 is 19.1 Å². The topological polar surface area (TPSA) is 65.1 Å². The molecule has 4 rings (SSSR count). The molecular formula is C20H22ClNO5. The molecular weight excluding hydrogens is 370 g/mol. The van der Waals surface area contributed by atoms with Gasteiger partial charge in [-0.15, -0.1) is 0 Å². The third-order valence-electron chi connectivity index (χ3n) is 5.78. The van der Waals surface area contributed by atoms with Gasteiger partial charge in [-0.05, 0) is 12.8 Å². The zero-order valence-electron chi connectivity index (χ0n) is 15.6. The number of carbonyl (C=O) groups is 2. The number of ether oxygens (including phenoxy) is 3. The summed E-state index contributed by atoms with van der Waals surface area (Å²) in [6.45, 7) is 3.51. The minimum atomic E-state index is -1.59. The highest BCUT2D eigenvalue weighted by atomic mass is 35.5. The number of fused-ring (bicyclic) bond motifs is 1. The standard InChI is InChI=1S/C20H22ClNO5/c1-11-8-12(25-2)9-15(23)20(11)19(24)16-13(22-6-4-5-7-22)10-14(26-3)17(21)18(16)27-20/h9-11H,4-8H2,1-3H3. The number of carbonyl (C=O) groups excluding carboxylic acids is 2. The Bertz CT molecular complexity index is 858. The summed E-state index contributed by atoms with van der Waals surface area (Å²) >= 11 is 6.48. The van der Waals surface area contributed by atoms with E-state index in [0.29, 0.717) is 23.5 Å². The minimum Gasteiger partial charge on any atom is -0.501 e. The highest BCUT2D eigenvalue weighted by Crippen LogP contribution is 2.53. The number of methoxy groups -OCH3 is 2. The maximum atomic E-state index is 13.6. The molecule has 0 amide bonds. The summed E-state index contributed by atoms with van der Waals surface area (Å²) in [6.07, 6.45) is 3.91. The third-order valence-corrected chi connectivity index (χ3v) is 6.14. The van der Waals surface area contributed by atoms with Gasteiger partial charge in [0.05, 0.1) is 31.2 Å². The molecule has 3 aliphatic rings. The van der Waals surface area contributed by atoms with Crippen molar-refractivity contribution in [3.8, 4) is 11.5 Å². The largest absolute Gasteiger partial charge is 0.501 e. The predicted molar refractivity (Wildman–Crippen MR) is 101 cm³/mol. The summed E-state index contributed by atoms with van der Waals surface area (Å²) in [5.41, 5.74) is -0.473. The molecule has 27 heavy (non-hydrogen) atoms. The van der Waals surface area contributed by atoms with E-state index in [1.165, 1.54) is 20.3 Å². The predicted octanol–water partition coefficient (Wildman–Crippen LogP) is 3.40. The molecule has 1 saturated heterocycles. The van der Waals surface area contributed by atoms with Gasteiger partial charge in [-0.1, -0.05) is 18.5 Å². The van der Waals surface area contributed by atoms with Crippen molar-refractivity contribution < 1.29 is 23.8 Å². The zero-order valence-corrected chi connectivity index (χ0v) is 16.4. The highest BCUT2D eigenvalue weighted by molar-refractivity contribution is 6.36. The van der Waals surface area contributed by atoms with E-state index in [2.05, 4.69) is 4.90 Å². The Balaban J connectivity index is 1.89. The van der Waals surface area contributed by atoms with Crippen molar-refractivity contribution >= 4 is 28.9 Å².